The van der Waals surface area contributed by atoms with Gasteiger partial charge >= 0.3 is 0 Å². The lowest BCUT2D eigenvalue weighted by molar-refractivity contribution is 1.49. The van der Waals surface area contributed by atoms with Crippen LogP contribution in [0.25, 0.3) is 0 Å². The highest BCUT2D eigenvalue weighted by atomic mass is 32.1. The maximum Gasteiger partial charge on any atom is 0.0410 e. The van der Waals surface area contributed by atoms with Crippen molar-refractivity contribution >= 4 is 18.3 Å². The van der Waals surface area contributed by atoms with Crippen LogP contribution in [0.1, 0.15) is 6.92 Å². The van der Waals surface area contributed by atoms with E-state index in [4.69, 9.17) is 5.41 Å². The van der Waals surface area contributed by atoms with Gasteiger partial charge in [-0.05, 0) is 6.92 Å². The molecule has 0 aromatic carbocycles. The number of thiol groups is 1. The molecule has 0 amide bonds. The number of hydrogen-bond acceptors (Lipinski definition) is 2. The third-order valence-corrected chi connectivity index (χ3v) is 0.768. The zero-order valence-corrected chi connectivity index (χ0v) is 4.55. The lowest BCUT2D eigenvalue weighted by Gasteiger charge is -1.84. The maximum atomic E-state index is 6.77. The van der Waals surface area contributed by atoms with Gasteiger partial charge in [0.05, 0.1) is 0 Å². The van der Waals surface area contributed by atoms with Crippen molar-refractivity contribution in [1.82, 2.24) is 0 Å². The Morgan fingerprint density at radius 1 is 1.83 bits per heavy atom. The Bertz CT molecular complexity index is 73.5. The SMILES string of the molecule is C=C(S)C(C)=N. The molecule has 2 heteroatoms. The average Bonchev–Trinajstić information content (AvgIpc) is 1.36. The third-order valence-electron chi connectivity index (χ3n) is 0.433. The molecule has 0 radical (unpaired) electrons. The molecule has 34 valence electrons. The monoisotopic (exact) mass is 101 g/mol. The van der Waals surface area contributed by atoms with E-state index in [1.54, 1.807) is 6.92 Å². The fourth-order valence-electron chi connectivity index (χ4n) is 0. The second-order valence-electron chi connectivity index (χ2n) is 1.07. The molecule has 0 aliphatic rings. The molecular formula is C4H7NS. The topological polar surface area (TPSA) is 23.9 Å². The van der Waals surface area contributed by atoms with E-state index >= 15 is 0 Å². The highest BCUT2D eigenvalue weighted by Gasteiger charge is 1.81. The molecule has 0 aromatic heterocycles. The van der Waals surface area contributed by atoms with Crippen molar-refractivity contribution in [3.63, 3.8) is 0 Å². The highest BCUT2D eigenvalue weighted by Crippen LogP contribution is 1.94. The summed E-state index contributed by atoms with van der Waals surface area (Å²) in [6.45, 7) is 5.04. The predicted octanol–water partition coefficient (Wildman–Crippen LogP) is 1.47. The van der Waals surface area contributed by atoms with Gasteiger partial charge in [-0.1, -0.05) is 6.58 Å². The van der Waals surface area contributed by atoms with Gasteiger partial charge in [-0.2, -0.15) is 0 Å². The number of hydrogen-bond donors (Lipinski definition) is 2. The molecule has 1 nitrogen and oxygen atoms in total. The Balaban J connectivity index is 3.57. The van der Waals surface area contributed by atoms with Crippen molar-refractivity contribution in [3.8, 4) is 0 Å². The minimum Gasteiger partial charge on any atom is -0.304 e. The Morgan fingerprint density at radius 3 is 2.00 bits per heavy atom. The molecule has 1 N–H and O–H groups in total. The number of allylic oxidation sites excluding steroid dienone is 1. The molecule has 0 aliphatic carbocycles. The average molecular weight is 101 g/mol. The zero-order chi connectivity index (χ0) is 5.15. The molecular weight excluding hydrogens is 94.1 g/mol. The first-order valence-corrected chi connectivity index (χ1v) is 2.02. The zero-order valence-electron chi connectivity index (χ0n) is 3.65. The van der Waals surface area contributed by atoms with Crippen LogP contribution in [-0.4, -0.2) is 5.71 Å². The first kappa shape index (κ1) is 5.76. The van der Waals surface area contributed by atoms with Gasteiger partial charge in [0.1, 0.15) is 0 Å². The third kappa shape index (κ3) is 2.03. The van der Waals surface area contributed by atoms with E-state index in [2.05, 4.69) is 19.2 Å². The molecule has 0 rings (SSSR count). The molecule has 0 saturated carbocycles. The summed E-state index contributed by atoms with van der Waals surface area (Å²) in [6.07, 6.45) is 0. The molecule has 6 heavy (non-hydrogen) atoms. The Morgan fingerprint density at radius 2 is 2.00 bits per heavy atom. The summed E-state index contributed by atoms with van der Waals surface area (Å²) in [5, 5.41) is 6.77. The van der Waals surface area contributed by atoms with Gasteiger partial charge in [0.25, 0.3) is 0 Å². The molecule has 0 aliphatic heterocycles. The van der Waals surface area contributed by atoms with Crippen molar-refractivity contribution in [3.05, 3.63) is 11.5 Å². The van der Waals surface area contributed by atoms with Gasteiger partial charge in [-0.3, -0.25) is 0 Å². The fourth-order valence-corrected chi connectivity index (χ4v) is 0. The summed E-state index contributed by atoms with van der Waals surface area (Å²) in [4.78, 5) is 0.537. The van der Waals surface area contributed by atoms with Crippen LogP contribution in [0.2, 0.25) is 0 Å². The van der Waals surface area contributed by atoms with Gasteiger partial charge in [0, 0.05) is 10.6 Å². The summed E-state index contributed by atoms with van der Waals surface area (Å²) in [5.41, 5.74) is 0.429. The maximum absolute atomic E-state index is 6.77. The van der Waals surface area contributed by atoms with E-state index in [1.165, 1.54) is 0 Å². The van der Waals surface area contributed by atoms with E-state index < -0.39 is 0 Å². The van der Waals surface area contributed by atoms with Crippen LogP contribution in [-0.2, 0) is 0 Å². The first-order chi connectivity index (χ1) is 2.64. The van der Waals surface area contributed by atoms with Crippen molar-refractivity contribution in [2.45, 2.75) is 6.92 Å². The van der Waals surface area contributed by atoms with E-state index in [0.717, 1.165) is 0 Å². The lowest BCUT2D eigenvalue weighted by atomic mass is 10.4. The largest absolute Gasteiger partial charge is 0.304 e. The Hall–Kier alpha value is -0.240. The van der Waals surface area contributed by atoms with E-state index in [9.17, 15) is 0 Å². The minimum atomic E-state index is 0.429. The van der Waals surface area contributed by atoms with Gasteiger partial charge in [-0.15, -0.1) is 12.6 Å². The van der Waals surface area contributed by atoms with Gasteiger partial charge in [0.2, 0.25) is 0 Å². The molecule has 0 aromatic rings. The molecule has 0 unspecified atom stereocenters. The molecule has 0 saturated heterocycles. The smallest absolute Gasteiger partial charge is 0.0410 e. The van der Waals surface area contributed by atoms with Crippen LogP contribution in [0, 0.1) is 5.41 Å². The molecule has 0 atom stereocenters. The summed E-state index contributed by atoms with van der Waals surface area (Å²) in [6, 6.07) is 0. The van der Waals surface area contributed by atoms with Crippen molar-refractivity contribution < 1.29 is 0 Å². The minimum absolute atomic E-state index is 0.429. The van der Waals surface area contributed by atoms with Crippen molar-refractivity contribution in [1.29, 1.82) is 5.41 Å². The fraction of sp³-hybridized carbons (Fsp3) is 0.250. The Labute approximate surface area is 43.0 Å². The quantitative estimate of drug-likeness (QED) is 0.369. The molecule has 0 fully saturated rings. The Kier molecular flexibility index (Phi) is 1.95. The first-order valence-electron chi connectivity index (χ1n) is 1.58. The predicted molar refractivity (Wildman–Crippen MR) is 31.5 cm³/mol. The number of nitrogens with one attached hydrogen (secondary N) is 1. The van der Waals surface area contributed by atoms with Gasteiger partial charge in [-0.25, -0.2) is 0 Å². The van der Waals surface area contributed by atoms with E-state index in [1.807, 2.05) is 0 Å². The summed E-state index contributed by atoms with van der Waals surface area (Å²) >= 11 is 3.77. The van der Waals surface area contributed by atoms with Crippen LogP contribution >= 0.6 is 12.6 Å². The second-order valence-corrected chi connectivity index (χ2v) is 1.61. The normalized spacial score (nSPS) is 7.67. The van der Waals surface area contributed by atoms with E-state index in [0.29, 0.717) is 10.6 Å². The number of rotatable bonds is 1. The van der Waals surface area contributed by atoms with Gasteiger partial charge in [0.15, 0.2) is 0 Å². The van der Waals surface area contributed by atoms with E-state index in [-0.39, 0.29) is 0 Å². The standard InChI is InChI=1S/C4H7NS/c1-3(5)4(2)6/h5-6H,2H2,1H3. The van der Waals surface area contributed by atoms with Crippen LogP contribution in [0.3, 0.4) is 0 Å². The van der Waals surface area contributed by atoms with Gasteiger partial charge < -0.3 is 5.41 Å². The summed E-state index contributed by atoms with van der Waals surface area (Å²) < 4.78 is 0. The van der Waals surface area contributed by atoms with Crippen LogP contribution in [0.15, 0.2) is 11.5 Å². The van der Waals surface area contributed by atoms with Crippen LogP contribution < -0.4 is 0 Å². The van der Waals surface area contributed by atoms with Crippen LogP contribution in [0.5, 0.6) is 0 Å². The van der Waals surface area contributed by atoms with Crippen LogP contribution in [0.4, 0.5) is 0 Å². The van der Waals surface area contributed by atoms with Crippen molar-refractivity contribution in [2.75, 3.05) is 0 Å². The second kappa shape index (κ2) is 2.03. The molecule has 0 heterocycles. The summed E-state index contributed by atoms with van der Waals surface area (Å²) in [7, 11) is 0. The molecule has 0 bridgehead atoms. The molecule has 0 spiro atoms. The lowest BCUT2D eigenvalue weighted by Crippen LogP contribution is -1.81. The summed E-state index contributed by atoms with van der Waals surface area (Å²) in [5.74, 6) is 0. The highest BCUT2D eigenvalue weighted by molar-refractivity contribution is 7.85. The van der Waals surface area contributed by atoms with Crippen molar-refractivity contribution in [2.24, 2.45) is 0 Å².